The lowest BCUT2D eigenvalue weighted by Gasteiger charge is -2.13. The molecule has 10 heterocycles. The van der Waals surface area contributed by atoms with Crippen LogP contribution in [-0.4, -0.2) is 54.8 Å². The fourth-order valence-electron chi connectivity index (χ4n) is 6.26. The quantitative estimate of drug-likeness (QED) is 0.148. The molecule has 0 atom stereocenters. The molecule has 212 valence electrons. The molecule has 0 bridgehead atoms. The Morgan fingerprint density at radius 2 is 1.31 bits per heavy atom. The van der Waals surface area contributed by atoms with Gasteiger partial charge in [0.25, 0.3) is 0 Å². The molecule has 0 saturated carbocycles. The molecule has 11 nitrogen and oxygen atoms in total. The summed E-state index contributed by atoms with van der Waals surface area (Å²) in [5.74, 6) is 0.663. The molecule has 45 heavy (non-hydrogen) atoms. The highest BCUT2D eigenvalue weighted by Gasteiger charge is 2.26. The van der Waals surface area contributed by atoms with E-state index in [0.29, 0.717) is 11.5 Å². The molecular weight excluding hydrogens is 562 g/mol. The molecule has 0 aliphatic rings. The van der Waals surface area contributed by atoms with Gasteiger partial charge in [-0.15, -0.1) is 0 Å². The van der Waals surface area contributed by atoms with Gasteiger partial charge in [-0.3, -0.25) is 15.0 Å². The minimum atomic E-state index is 0.575. The number of nitrogens with zero attached hydrogens (tertiary/aromatic N) is 6. The fourth-order valence-corrected chi connectivity index (χ4v) is 6.26. The molecule has 0 radical (unpaired) electrons. The molecule has 10 aromatic rings. The molecule has 10 aromatic heterocycles. The average Bonchev–Trinajstić information content (AvgIpc) is 3.90. The van der Waals surface area contributed by atoms with Gasteiger partial charge in [0, 0.05) is 69.5 Å². The maximum absolute atomic E-state index is 5.24. The van der Waals surface area contributed by atoms with Crippen LogP contribution < -0.4 is 0 Å². The van der Waals surface area contributed by atoms with Crippen molar-refractivity contribution in [3.8, 4) is 45.4 Å². The van der Waals surface area contributed by atoms with Gasteiger partial charge in [0.05, 0.1) is 51.0 Å². The molecule has 0 amide bonds. The van der Waals surface area contributed by atoms with Gasteiger partial charge in [-0.25, -0.2) is 15.0 Å². The molecule has 0 fully saturated rings. The first kappa shape index (κ1) is 23.9. The molecule has 0 spiro atoms. The third-order valence-electron chi connectivity index (χ3n) is 8.31. The number of nitrogens with one attached hydrogen (secondary N) is 5. The topological polar surface area (TPSA) is 156 Å². The minimum Gasteiger partial charge on any atom is -0.353 e. The van der Waals surface area contributed by atoms with Crippen molar-refractivity contribution in [1.82, 2.24) is 54.8 Å². The fraction of sp³-hybridized carbons (Fsp3) is 0. The third-order valence-corrected chi connectivity index (χ3v) is 8.31. The number of pyridine rings is 5. The molecule has 5 N–H and O–H groups in total. The van der Waals surface area contributed by atoms with Crippen molar-refractivity contribution in [2.24, 2.45) is 0 Å². The summed E-state index contributed by atoms with van der Waals surface area (Å²) in [5, 5.41) is 3.04. The van der Waals surface area contributed by atoms with Crippen molar-refractivity contribution in [3.63, 3.8) is 0 Å². The van der Waals surface area contributed by atoms with Gasteiger partial charge in [-0.1, -0.05) is 0 Å². The lowest BCUT2D eigenvalue weighted by atomic mass is 9.97. The number of aromatic nitrogens is 11. The van der Waals surface area contributed by atoms with Crippen molar-refractivity contribution < 1.29 is 0 Å². The van der Waals surface area contributed by atoms with E-state index in [9.17, 15) is 0 Å². The van der Waals surface area contributed by atoms with Crippen molar-refractivity contribution >= 4 is 55.0 Å². The van der Waals surface area contributed by atoms with Crippen molar-refractivity contribution in [2.75, 3.05) is 0 Å². The summed E-state index contributed by atoms with van der Waals surface area (Å²) < 4.78 is 0. The number of rotatable bonds is 4. The summed E-state index contributed by atoms with van der Waals surface area (Å²) in [7, 11) is 0. The predicted octanol–water partition coefficient (Wildman–Crippen LogP) is 7.13. The number of H-pyrrole nitrogens is 5. The zero-order chi connectivity index (χ0) is 29.5. The number of hydrogen-bond acceptors (Lipinski definition) is 6. The average molecular weight is 584 g/mol. The van der Waals surface area contributed by atoms with Crippen LogP contribution in [0.1, 0.15) is 0 Å². The highest BCUT2D eigenvalue weighted by Crippen LogP contribution is 2.44. The molecule has 0 saturated heterocycles. The maximum atomic E-state index is 5.24. The zero-order valence-electron chi connectivity index (χ0n) is 23.4. The Labute approximate surface area is 252 Å². The maximum Gasteiger partial charge on any atom is 0.179 e. The van der Waals surface area contributed by atoms with Crippen molar-refractivity contribution in [1.29, 1.82) is 0 Å². The first-order valence-electron chi connectivity index (χ1n) is 14.4. The van der Waals surface area contributed by atoms with Crippen molar-refractivity contribution in [3.05, 3.63) is 97.8 Å². The number of fused-ring (bicyclic) bond motifs is 5. The highest BCUT2D eigenvalue weighted by molar-refractivity contribution is 6.07. The summed E-state index contributed by atoms with van der Waals surface area (Å²) in [5.41, 5.74) is 11.9. The van der Waals surface area contributed by atoms with E-state index in [2.05, 4.69) is 69.1 Å². The third kappa shape index (κ3) is 3.64. The van der Waals surface area contributed by atoms with Crippen LogP contribution in [0.25, 0.3) is 100 Å². The first-order valence-corrected chi connectivity index (χ1v) is 14.4. The second kappa shape index (κ2) is 8.94. The zero-order valence-corrected chi connectivity index (χ0v) is 23.4. The van der Waals surface area contributed by atoms with E-state index in [4.69, 9.17) is 9.97 Å². The van der Waals surface area contributed by atoms with E-state index in [-0.39, 0.29) is 0 Å². The second-order valence-corrected chi connectivity index (χ2v) is 11.0. The highest BCUT2D eigenvalue weighted by atomic mass is 15.0. The molecule has 0 aromatic carbocycles. The molecule has 0 aliphatic carbocycles. The molecule has 10 rings (SSSR count). The van der Waals surface area contributed by atoms with Gasteiger partial charge in [-0.05, 0) is 60.7 Å². The van der Waals surface area contributed by atoms with E-state index in [1.807, 2.05) is 48.8 Å². The lowest BCUT2D eigenvalue weighted by Crippen LogP contribution is -1.97. The summed E-state index contributed by atoms with van der Waals surface area (Å²) in [4.78, 5) is 45.9. The van der Waals surface area contributed by atoms with Gasteiger partial charge in [0.15, 0.2) is 11.5 Å². The Morgan fingerprint density at radius 1 is 0.511 bits per heavy atom. The van der Waals surface area contributed by atoms with E-state index in [0.717, 1.165) is 89.0 Å². The Balaban J connectivity index is 1.34. The molecule has 11 heteroatoms. The number of imidazole rings is 1. The van der Waals surface area contributed by atoms with Gasteiger partial charge >= 0.3 is 0 Å². The smallest absolute Gasteiger partial charge is 0.179 e. The normalized spacial score (nSPS) is 12.0. The Kier molecular flexibility index (Phi) is 4.75. The molecule has 0 unspecified atom stereocenters. The van der Waals surface area contributed by atoms with Crippen molar-refractivity contribution in [2.45, 2.75) is 0 Å². The Bertz CT molecular complexity index is 2600. The Hall–Kier alpha value is -6.62. The van der Waals surface area contributed by atoms with Crippen LogP contribution in [0.2, 0.25) is 0 Å². The molecule has 0 aliphatic heterocycles. The SMILES string of the molecule is c1cnc2[nH]c(-c3c(-c4cc5ccncc5[nH]4)c(-c4cc5cnccc5[nH]4)nc4nc(-c5cc6ncccc6[nH]5)[nH]c34)cc2c1. The van der Waals surface area contributed by atoms with Gasteiger partial charge in [0.1, 0.15) is 5.65 Å². The summed E-state index contributed by atoms with van der Waals surface area (Å²) >= 11 is 0. The van der Waals surface area contributed by atoms with E-state index >= 15 is 0 Å². The van der Waals surface area contributed by atoms with Crippen LogP contribution in [0, 0.1) is 0 Å². The lowest BCUT2D eigenvalue weighted by molar-refractivity contribution is 1.26. The summed E-state index contributed by atoms with van der Waals surface area (Å²) in [6, 6.07) is 20.2. The predicted molar refractivity (Wildman–Crippen MR) is 174 cm³/mol. The van der Waals surface area contributed by atoms with Crippen LogP contribution in [0.5, 0.6) is 0 Å². The van der Waals surface area contributed by atoms with E-state index < -0.39 is 0 Å². The Morgan fingerprint density at radius 3 is 2.22 bits per heavy atom. The van der Waals surface area contributed by atoms with Gasteiger partial charge < -0.3 is 24.9 Å². The first-order chi connectivity index (χ1) is 22.2. The van der Waals surface area contributed by atoms with Crippen LogP contribution in [0.4, 0.5) is 0 Å². The monoisotopic (exact) mass is 583 g/mol. The van der Waals surface area contributed by atoms with Crippen LogP contribution in [0.3, 0.4) is 0 Å². The minimum absolute atomic E-state index is 0.575. The standard InChI is InChI=1S/C34H21N11/c1-3-18-12-24(42-32(18)38-8-1)29-28(23-11-17-5-9-36-16-27(17)41-23)30(25-13-19-15-35-10-6-20(19)39-25)43-34-31(29)44-33(45-34)26-14-22-21(40-26)4-2-7-37-22/h1-16,39-41H,(H,38,42)(H,43,44,45). The molecular formula is C34H21N11. The van der Waals surface area contributed by atoms with E-state index in [1.54, 1.807) is 24.8 Å². The second-order valence-electron chi connectivity index (χ2n) is 11.0. The summed E-state index contributed by atoms with van der Waals surface area (Å²) in [6.45, 7) is 0. The van der Waals surface area contributed by atoms with Crippen LogP contribution in [-0.2, 0) is 0 Å². The van der Waals surface area contributed by atoms with E-state index in [1.165, 1.54) is 0 Å². The van der Waals surface area contributed by atoms with Gasteiger partial charge in [-0.2, -0.15) is 0 Å². The summed E-state index contributed by atoms with van der Waals surface area (Å²) in [6.07, 6.45) is 10.8. The van der Waals surface area contributed by atoms with Gasteiger partial charge in [0.2, 0.25) is 0 Å². The number of hydrogen-bond donors (Lipinski definition) is 5. The van der Waals surface area contributed by atoms with Crippen LogP contribution in [0.15, 0.2) is 97.8 Å². The van der Waals surface area contributed by atoms with Crippen LogP contribution >= 0.6 is 0 Å². The number of aromatic amines is 5. The largest absolute Gasteiger partial charge is 0.353 e.